The molecular weight excluding hydrogens is 292 g/mol. The molecule has 0 aromatic carbocycles. The molecule has 0 radical (unpaired) electrons. The normalized spacial score (nSPS) is 11.2. The average molecular weight is 306 g/mol. The lowest BCUT2D eigenvalue weighted by Crippen LogP contribution is -2.30. The van der Waals surface area contributed by atoms with Crippen LogP contribution < -0.4 is 4.72 Å². The Morgan fingerprint density at radius 2 is 2.20 bits per heavy atom. The quantitative estimate of drug-likeness (QED) is 0.550. The number of carboxylic acids is 1. The van der Waals surface area contributed by atoms with Crippen molar-refractivity contribution in [2.24, 2.45) is 0 Å². The van der Waals surface area contributed by atoms with Crippen molar-refractivity contribution in [3.05, 3.63) is 11.9 Å². The van der Waals surface area contributed by atoms with Crippen LogP contribution in [-0.4, -0.2) is 59.9 Å². The van der Waals surface area contributed by atoms with Gasteiger partial charge in [0.05, 0.1) is 32.0 Å². The average Bonchev–Trinajstić information content (AvgIpc) is 2.85. The first-order chi connectivity index (χ1) is 9.34. The molecule has 0 fully saturated rings. The van der Waals surface area contributed by atoms with E-state index in [0.717, 1.165) is 0 Å². The minimum Gasteiger partial charge on any atom is -0.476 e. The zero-order valence-corrected chi connectivity index (χ0v) is 11.5. The van der Waals surface area contributed by atoms with Crippen LogP contribution in [0.4, 0.5) is 0 Å². The van der Waals surface area contributed by atoms with E-state index in [9.17, 15) is 18.0 Å². The van der Waals surface area contributed by atoms with Crippen LogP contribution in [0.15, 0.2) is 6.20 Å². The summed E-state index contributed by atoms with van der Waals surface area (Å²) in [5, 5.41) is 15.5. The van der Waals surface area contributed by atoms with Gasteiger partial charge in [-0.15, -0.1) is 5.10 Å². The number of ether oxygens (including phenoxy) is 1. The highest BCUT2D eigenvalue weighted by atomic mass is 32.2. The second-order valence-corrected chi connectivity index (χ2v) is 5.64. The van der Waals surface area contributed by atoms with E-state index in [1.54, 1.807) is 0 Å². The van der Waals surface area contributed by atoms with Gasteiger partial charge in [0, 0.05) is 6.54 Å². The Hall–Kier alpha value is -2.01. The summed E-state index contributed by atoms with van der Waals surface area (Å²) in [5.74, 6) is -2.20. The lowest BCUT2D eigenvalue weighted by atomic mass is 10.5. The van der Waals surface area contributed by atoms with Crippen LogP contribution in [0, 0.1) is 0 Å². The van der Waals surface area contributed by atoms with E-state index < -0.39 is 22.0 Å². The van der Waals surface area contributed by atoms with Crippen molar-refractivity contribution in [1.82, 2.24) is 19.7 Å². The maximum atomic E-state index is 11.5. The largest absolute Gasteiger partial charge is 0.476 e. The van der Waals surface area contributed by atoms with Gasteiger partial charge in [-0.2, -0.15) is 0 Å². The number of esters is 1. The Balaban J connectivity index is 2.38. The Labute approximate surface area is 114 Å². The third kappa shape index (κ3) is 5.32. The molecule has 2 N–H and O–H groups in total. The molecule has 1 rings (SSSR count). The third-order valence-corrected chi connectivity index (χ3v) is 3.61. The van der Waals surface area contributed by atoms with E-state index in [1.165, 1.54) is 18.0 Å². The summed E-state index contributed by atoms with van der Waals surface area (Å²) < 4.78 is 30.8. The number of hydrogen-bond donors (Lipinski definition) is 2. The number of carbonyl (C=O) groups excluding carboxylic acids is 1. The fourth-order valence-electron chi connectivity index (χ4n) is 1.21. The van der Waals surface area contributed by atoms with Crippen LogP contribution in [0.3, 0.4) is 0 Å². The summed E-state index contributed by atoms with van der Waals surface area (Å²) in [4.78, 5) is 21.4. The first-order valence-electron chi connectivity index (χ1n) is 5.51. The van der Waals surface area contributed by atoms with Crippen molar-refractivity contribution in [3.8, 4) is 0 Å². The van der Waals surface area contributed by atoms with Gasteiger partial charge in [-0.05, 0) is 0 Å². The van der Waals surface area contributed by atoms with E-state index in [0.29, 0.717) is 0 Å². The van der Waals surface area contributed by atoms with E-state index in [4.69, 9.17) is 5.11 Å². The van der Waals surface area contributed by atoms with E-state index in [2.05, 4.69) is 19.8 Å². The van der Waals surface area contributed by atoms with E-state index in [-0.39, 0.29) is 31.0 Å². The maximum absolute atomic E-state index is 11.5. The van der Waals surface area contributed by atoms with Crippen LogP contribution in [0.1, 0.15) is 16.9 Å². The summed E-state index contributed by atoms with van der Waals surface area (Å²) in [6.45, 7) is 0.129. The molecule has 0 saturated carbocycles. The Morgan fingerprint density at radius 1 is 1.50 bits per heavy atom. The van der Waals surface area contributed by atoms with Crippen molar-refractivity contribution in [2.45, 2.75) is 13.0 Å². The van der Waals surface area contributed by atoms with Crippen LogP contribution >= 0.6 is 0 Å². The predicted molar refractivity (Wildman–Crippen MR) is 65.4 cm³/mol. The number of rotatable bonds is 8. The summed E-state index contributed by atoms with van der Waals surface area (Å²) in [5.41, 5.74) is -0.224. The Morgan fingerprint density at radius 3 is 2.75 bits per heavy atom. The minimum atomic E-state index is -3.60. The topological polar surface area (TPSA) is 140 Å². The molecule has 0 aliphatic rings. The summed E-state index contributed by atoms with van der Waals surface area (Å²) in [7, 11) is -2.42. The number of aromatic carboxylic acids is 1. The molecule has 0 unspecified atom stereocenters. The molecule has 0 saturated heterocycles. The number of methoxy groups -OCH3 is 1. The predicted octanol–water partition coefficient (Wildman–Crippen LogP) is -1.54. The first-order valence-corrected chi connectivity index (χ1v) is 7.17. The molecule has 0 atom stereocenters. The number of aromatic nitrogens is 3. The molecule has 1 aromatic heterocycles. The van der Waals surface area contributed by atoms with Crippen molar-refractivity contribution in [2.75, 3.05) is 19.4 Å². The zero-order valence-electron chi connectivity index (χ0n) is 10.6. The lowest BCUT2D eigenvalue weighted by Gasteiger charge is -2.05. The van der Waals surface area contributed by atoms with Gasteiger partial charge in [-0.3, -0.25) is 9.48 Å². The van der Waals surface area contributed by atoms with Gasteiger partial charge >= 0.3 is 11.9 Å². The van der Waals surface area contributed by atoms with Crippen molar-refractivity contribution < 1.29 is 27.9 Å². The van der Waals surface area contributed by atoms with E-state index in [1.807, 2.05) is 0 Å². The smallest absolute Gasteiger partial charge is 0.358 e. The van der Waals surface area contributed by atoms with Gasteiger partial charge < -0.3 is 9.84 Å². The maximum Gasteiger partial charge on any atom is 0.358 e. The lowest BCUT2D eigenvalue weighted by molar-refractivity contribution is -0.140. The molecule has 11 heteroatoms. The SMILES string of the molecule is COC(=O)CCS(=O)(=O)NCCn1cc(C(=O)O)nn1. The summed E-state index contributed by atoms with van der Waals surface area (Å²) in [6, 6.07) is 0. The van der Waals surface area contributed by atoms with E-state index >= 15 is 0 Å². The molecule has 1 heterocycles. The van der Waals surface area contributed by atoms with Crippen molar-refractivity contribution >= 4 is 22.0 Å². The van der Waals surface area contributed by atoms with Gasteiger partial charge in [0.15, 0.2) is 5.69 Å². The van der Waals surface area contributed by atoms with Crippen LogP contribution in [0.2, 0.25) is 0 Å². The number of carboxylic acid groups (broad SMARTS) is 1. The molecule has 0 spiro atoms. The van der Waals surface area contributed by atoms with Crippen LogP contribution in [0.5, 0.6) is 0 Å². The standard InChI is InChI=1S/C9H14N4O6S/c1-19-8(14)2-5-20(17,18)10-3-4-13-6-7(9(15)16)11-12-13/h6,10H,2-5H2,1H3,(H,15,16). The van der Waals surface area contributed by atoms with Gasteiger partial charge in [0.2, 0.25) is 10.0 Å². The Bertz CT molecular complexity index is 581. The van der Waals surface area contributed by atoms with Gasteiger partial charge in [0.25, 0.3) is 0 Å². The molecule has 10 nitrogen and oxygen atoms in total. The zero-order chi connectivity index (χ0) is 15.2. The molecule has 0 aliphatic carbocycles. The molecule has 112 valence electrons. The van der Waals surface area contributed by atoms with Gasteiger partial charge in [-0.1, -0.05) is 5.21 Å². The summed E-state index contributed by atoms with van der Waals surface area (Å²) in [6.07, 6.45) is 0.948. The molecule has 0 amide bonds. The molecule has 0 bridgehead atoms. The first kappa shape index (κ1) is 16.0. The number of nitrogens with zero attached hydrogens (tertiary/aromatic N) is 3. The number of hydrogen-bond acceptors (Lipinski definition) is 7. The van der Waals surface area contributed by atoms with Crippen LogP contribution in [0.25, 0.3) is 0 Å². The molecule has 1 aromatic rings. The fourth-order valence-corrected chi connectivity index (χ4v) is 2.20. The fraction of sp³-hybridized carbons (Fsp3) is 0.556. The number of nitrogens with one attached hydrogen (secondary N) is 1. The van der Waals surface area contributed by atoms with Gasteiger partial charge in [0.1, 0.15) is 0 Å². The van der Waals surface area contributed by atoms with Crippen molar-refractivity contribution in [1.29, 1.82) is 0 Å². The second kappa shape index (κ2) is 6.96. The molecular formula is C9H14N4O6S. The highest BCUT2D eigenvalue weighted by Crippen LogP contribution is 1.94. The number of carbonyl (C=O) groups is 2. The minimum absolute atomic E-state index is 0.00588. The van der Waals surface area contributed by atoms with Gasteiger partial charge in [-0.25, -0.2) is 17.9 Å². The monoisotopic (exact) mass is 306 g/mol. The molecule has 0 aliphatic heterocycles. The third-order valence-electron chi connectivity index (χ3n) is 2.22. The molecule has 20 heavy (non-hydrogen) atoms. The summed E-state index contributed by atoms with van der Waals surface area (Å²) >= 11 is 0. The number of sulfonamides is 1. The second-order valence-electron chi connectivity index (χ2n) is 3.71. The highest BCUT2D eigenvalue weighted by Gasteiger charge is 2.13. The highest BCUT2D eigenvalue weighted by molar-refractivity contribution is 7.89. The Kier molecular flexibility index (Phi) is 5.58. The van der Waals surface area contributed by atoms with Crippen LogP contribution in [-0.2, 0) is 26.1 Å². The van der Waals surface area contributed by atoms with Crippen molar-refractivity contribution in [3.63, 3.8) is 0 Å².